The molecule has 1 atom stereocenters. The lowest BCUT2D eigenvalue weighted by Gasteiger charge is -1.90. The first-order valence-corrected chi connectivity index (χ1v) is 1.58. The molecule has 36 valence electrons. The molecule has 0 aliphatic heterocycles. The molecule has 0 heterocycles. The second kappa shape index (κ2) is 1.77. The molecule has 6 heavy (non-hydrogen) atoms. The summed E-state index contributed by atoms with van der Waals surface area (Å²) in [4.78, 5) is 9.75. The fraction of sp³-hybridized carbons (Fsp3) is 0.667. The molecule has 0 aromatic carbocycles. The predicted octanol–water partition coefficient (Wildman–Crippen LogP) is -0.582. The second-order valence-electron chi connectivity index (χ2n) is 1.06. The van der Waals surface area contributed by atoms with Crippen molar-refractivity contribution < 1.29 is 11.3 Å². The molecule has 3 N–H and O–H groups in total. The highest BCUT2D eigenvalue weighted by atomic mass is 16.4. The summed E-state index contributed by atoms with van der Waals surface area (Å²) in [5, 5.41) is 8.00. The maximum Gasteiger partial charge on any atom is 0.320 e. The number of carboxylic acid groups (broad SMARTS) is 1. The highest BCUT2D eigenvalue weighted by molar-refractivity contribution is 5.72. The van der Waals surface area contributed by atoms with E-state index in [2.05, 4.69) is 0 Å². The average Bonchev–Trinajstić information content (AvgIpc) is 1.65. The largest absolute Gasteiger partial charge is 0.480 e. The molecule has 0 unspecified atom stereocenters. The average molecular weight is 90.1 g/mol. The summed E-state index contributed by atoms with van der Waals surface area (Å²) >= 11 is 0. The fourth-order valence-electron chi connectivity index (χ4n) is 0. The van der Waals surface area contributed by atoms with Crippen LogP contribution in [0.4, 0.5) is 0 Å². The molecule has 0 saturated heterocycles. The van der Waals surface area contributed by atoms with E-state index in [4.69, 9.17) is 6.52 Å². The second-order valence-corrected chi connectivity index (χ2v) is 1.06. The highest BCUT2D eigenvalue weighted by Crippen LogP contribution is 1.68. The van der Waals surface area contributed by atoms with E-state index < -0.39 is 12.0 Å². The quantitative estimate of drug-likeness (QED) is 0.476. The van der Waals surface area contributed by atoms with Gasteiger partial charge in [0, 0.05) is 0 Å². The summed E-state index contributed by atoms with van der Waals surface area (Å²) in [6.07, 6.45) is 0. The predicted molar refractivity (Wildman–Crippen MR) is 21.3 cm³/mol. The van der Waals surface area contributed by atoms with Crippen molar-refractivity contribution in [3.63, 3.8) is 0 Å². The summed E-state index contributed by atoms with van der Waals surface area (Å²) < 4.78 is 6.31. The Labute approximate surface area is 37.2 Å². The minimum absolute atomic E-state index is 0.764. The minimum Gasteiger partial charge on any atom is -0.480 e. The van der Waals surface area contributed by atoms with Crippen LogP contribution in [-0.2, 0) is 4.79 Å². The van der Waals surface area contributed by atoms with E-state index >= 15 is 0 Å². The molecule has 3 heteroatoms. The molecule has 3 nitrogen and oxygen atoms in total. The van der Waals surface area contributed by atoms with Gasteiger partial charge in [-0.25, -0.2) is 0 Å². The summed E-state index contributed by atoms with van der Waals surface area (Å²) in [6, 6.07) is -0.764. The van der Waals surface area contributed by atoms with E-state index in [0.717, 1.165) is 0 Å². The van der Waals surface area contributed by atoms with Gasteiger partial charge in [-0.2, -0.15) is 0 Å². The van der Waals surface area contributed by atoms with Gasteiger partial charge in [-0.05, 0) is 6.92 Å². The van der Waals surface area contributed by atoms with Crippen molar-refractivity contribution in [1.82, 2.24) is 0 Å². The Hall–Kier alpha value is -0.570. The molecule has 0 rings (SSSR count). The van der Waals surface area contributed by atoms with Gasteiger partial charge in [-0.15, -0.1) is 0 Å². The summed E-state index contributed by atoms with van der Waals surface area (Å²) in [5.74, 6) is -1.00. The van der Waals surface area contributed by atoms with Gasteiger partial charge < -0.3 is 10.8 Å². The summed E-state index contributed by atoms with van der Waals surface area (Å²) in [5.41, 5.74) is 1.81. The van der Waals surface area contributed by atoms with E-state index in [1.165, 1.54) is 6.92 Å². The van der Waals surface area contributed by atoms with Gasteiger partial charge in [0.1, 0.15) is 7.45 Å². The molecule has 0 bridgehead atoms. The first kappa shape index (κ1) is 3.61. The monoisotopic (exact) mass is 90.1 g/mol. The molecule has 0 aromatic rings. The van der Waals surface area contributed by atoms with Crippen LogP contribution in [0.3, 0.4) is 0 Å². The number of hydrogen-bond acceptors (Lipinski definition) is 2. The van der Waals surface area contributed by atoms with Crippen molar-refractivity contribution >= 4 is 5.97 Å². The molecule has 0 fully saturated rings. The lowest BCUT2D eigenvalue weighted by molar-refractivity contribution is -0.138. The molecule has 0 saturated carbocycles. The van der Waals surface area contributed by atoms with Gasteiger partial charge in [0.25, 0.3) is 0 Å². The zero-order valence-corrected chi connectivity index (χ0v) is 3.43. The number of aliphatic carboxylic acids is 1. The zero-order chi connectivity index (χ0) is 5.86. The minimum atomic E-state index is -1.00. The first-order valence-electron chi connectivity index (χ1n) is 2.08. The normalized spacial score (nSPS) is 15.8. The van der Waals surface area contributed by atoms with E-state index in [0.29, 0.717) is 0 Å². The van der Waals surface area contributed by atoms with Gasteiger partial charge in [0.05, 0.1) is 0 Å². The Balaban J connectivity index is 3.34. The van der Waals surface area contributed by atoms with E-state index in [9.17, 15) is 4.79 Å². The van der Waals surface area contributed by atoms with E-state index in [1.807, 2.05) is 5.73 Å². The van der Waals surface area contributed by atoms with Crippen molar-refractivity contribution in [3.05, 3.63) is 0 Å². The first-order chi connectivity index (χ1) is 3.18. The number of carbonyl (C=O) groups is 1. The van der Waals surface area contributed by atoms with Crippen molar-refractivity contribution in [1.29, 1.82) is 0 Å². The van der Waals surface area contributed by atoms with Gasteiger partial charge in [-0.3, -0.25) is 4.79 Å². The number of hydrogen-bond donors (Lipinski definition) is 2. The van der Waals surface area contributed by atoms with Crippen LogP contribution in [-0.4, -0.2) is 17.1 Å². The molecule has 0 aliphatic rings. The Morgan fingerprint density at radius 3 is 2.83 bits per heavy atom. The van der Waals surface area contributed by atoms with Crippen molar-refractivity contribution in [2.75, 3.05) is 0 Å². The number of rotatable bonds is 2. The molecular weight excluding hydrogens is 82.0 g/mol. The molecule has 0 spiro atoms. The summed E-state index contributed by atoms with van der Waals surface area (Å²) in [7, 11) is 0. The van der Waals surface area contributed by atoms with E-state index in [1.54, 1.807) is 0 Å². The third kappa shape index (κ3) is 1.72. The van der Waals surface area contributed by atoms with E-state index in [-0.39, 0.29) is 0 Å². The smallest absolute Gasteiger partial charge is 0.320 e. The topological polar surface area (TPSA) is 63.3 Å². The van der Waals surface area contributed by atoms with Crippen LogP contribution in [0.1, 0.15) is 6.92 Å². The summed E-state index contributed by atoms with van der Waals surface area (Å²) in [6.45, 7) is 1.40. The van der Waals surface area contributed by atoms with Gasteiger partial charge in [0.15, 0.2) is 0 Å². The molecule has 0 amide bonds. The number of carboxylic acids is 1. The van der Waals surface area contributed by atoms with Gasteiger partial charge >= 0.3 is 5.97 Å². The van der Waals surface area contributed by atoms with Crippen LogP contribution < -0.4 is 5.73 Å². The Morgan fingerprint density at radius 2 is 2.83 bits per heavy atom. The fourth-order valence-corrected chi connectivity index (χ4v) is 0. The Morgan fingerprint density at radius 1 is 2.33 bits per heavy atom. The lowest BCUT2D eigenvalue weighted by Crippen LogP contribution is -2.25. The van der Waals surface area contributed by atoms with Crippen LogP contribution in [0.2, 0.25) is 1.41 Å². The standard InChI is InChI=1S/C3H7NO2/c1-2(4)3(5)6/h2H,4H2,1H3,(H,5,6)/t2-/m1/s1/i/hD. The Kier molecular flexibility index (Phi) is 1.06. The molecular formula is C3H7NO2. The molecule has 0 aromatic heterocycles. The van der Waals surface area contributed by atoms with Gasteiger partial charge in [0.2, 0.25) is 0 Å². The highest BCUT2D eigenvalue weighted by Gasteiger charge is 1.99. The van der Waals surface area contributed by atoms with Crippen LogP contribution in [0.25, 0.3) is 0 Å². The van der Waals surface area contributed by atoms with Gasteiger partial charge in [-0.1, -0.05) is 0 Å². The third-order valence-electron chi connectivity index (χ3n) is 0.370. The lowest BCUT2D eigenvalue weighted by atomic mass is 10.4. The third-order valence-corrected chi connectivity index (χ3v) is 0.370. The number of nitrogens with two attached hydrogens (primary N) is 1. The van der Waals surface area contributed by atoms with Crippen molar-refractivity contribution in [2.24, 2.45) is 5.73 Å². The SMILES string of the molecule is [2H]N[C@H](C)C(=O)O. The van der Waals surface area contributed by atoms with Crippen LogP contribution in [0.15, 0.2) is 0 Å². The molecule has 0 radical (unpaired) electrons. The van der Waals surface area contributed by atoms with Crippen molar-refractivity contribution in [2.45, 2.75) is 13.0 Å². The molecule has 0 aliphatic carbocycles. The van der Waals surface area contributed by atoms with Crippen LogP contribution in [0, 0.1) is 0 Å². The maximum atomic E-state index is 9.75. The zero-order valence-electron chi connectivity index (χ0n) is 4.43. The van der Waals surface area contributed by atoms with Crippen molar-refractivity contribution in [3.8, 4) is 0 Å². The Bertz CT molecular complexity index is 75.3. The maximum absolute atomic E-state index is 9.75. The van der Waals surface area contributed by atoms with Crippen LogP contribution in [0.5, 0.6) is 0 Å². The van der Waals surface area contributed by atoms with Crippen LogP contribution >= 0.6 is 0 Å².